The zero-order valence-corrected chi connectivity index (χ0v) is 14.3. The van der Waals surface area contributed by atoms with Gasteiger partial charge in [-0.2, -0.15) is 0 Å². The number of sulfonamides is 1. The topological polar surface area (TPSA) is 55.4 Å². The number of rotatable bonds is 8. The summed E-state index contributed by atoms with van der Waals surface area (Å²) in [5.41, 5.74) is 1.14. The lowest BCUT2D eigenvalue weighted by Crippen LogP contribution is -2.25. The van der Waals surface area contributed by atoms with E-state index in [1.165, 1.54) is 0 Å². The minimum absolute atomic E-state index is 0.142. The van der Waals surface area contributed by atoms with Crippen molar-refractivity contribution >= 4 is 10.0 Å². The van der Waals surface area contributed by atoms with Gasteiger partial charge < -0.3 is 4.74 Å². The van der Waals surface area contributed by atoms with Gasteiger partial charge in [-0.25, -0.2) is 13.1 Å². The molecule has 0 saturated carbocycles. The Hall–Kier alpha value is -1.85. The molecule has 0 atom stereocenters. The predicted octanol–water partition coefficient (Wildman–Crippen LogP) is 3.38. The molecule has 0 unspecified atom stereocenters. The maximum atomic E-state index is 12.1. The molecule has 1 N–H and O–H groups in total. The van der Waals surface area contributed by atoms with Crippen LogP contribution in [0.25, 0.3) is 0 Å². The van der Waals surface area contributed by atoms with Crippen LogP contribution in [0.3, 0.4) is 0 Å². The summed E-state index contributed by atoms with van der Waals surface area (Å²) in [7, 11) is -3.41. The fraction of sp³-hybridized carbons (Fsp3) is 0.333. The van der Waals surface area contributed by atoms with Gasteiger partial charge in [-0.1, -0.05) is 30.3 Å². The van der Waals surface area contributed by atoms with E-state index in [1.807, 2.05) is 38.1 Å². The molecule has 2 aromatic rings. The van der Waals surface area contributed by atoms with Crippen LogP contribution in [0.1, 0.15) is 25.8 Å². The molecule has 0 spiro atoms. The molecule has 4 nitrogen and oxygen atoms in total. The minimum Gasteiger partial charge on any atom is -0.491 e. The molecule has 124 valence electrons. The summed E-state index contributed by atoms with van der Waals surface area (Å²) in [5.74, 6) is 0.849. The quantitative estimate of drug-likeness (QED) is 0.754. The van der Waals surface area contributed by atoms with Crippen molar-refractivity contribution in [1.29, 1.82) is 0 Å². The smallest absolute Gasteiger partial charge is 0.240 e. The lowest BCUT2D eigenvalue weighted by Gasteiger charge is -2.11. The Morgan fingerprint density at radius 2 is 1.78 bits per heavy atom. The molecule has 0 aromatic heterocycles. The minimum atomic E-state index is -3.41. The van der Waals surface area contributed by atoms with Gasteiger partial charge in [0.05, 0.1) is 11.0 Å². The number of ether oxygens (including phenoxy) is 1. The normalized spacial score (nSPS) is 11.6. The number of hydrogen-bond acceptors (Lipinski definition) is 3. The molecule has 0 bridgehead atoms. The van der Waals surface area contributed by atoms with Crippen LogP contribution in [-0.2, 0) is 16.4 Å². The standard InChI is InChI=1S/C18H23NO3S/c1-15(2)22-17-10-6-8-16(14-17)9-7-13-19-23(20,21)18-11-4-3-5-12-18/h3-6,8,10-12,14-15,19H,7,9,13H2,1-2H3. The fourth-order valence-corrected chi connectivity index (χ4v) is 3.32. The van der Waals surface area contributed by atoms with Crippen LogP contribution in [-0.4, -0.2) is 21.1 Å². The fourth-order valence-electron chi connectivity index (χ4n) is 2.23. The Morgan fingerprint density at radius 1 is 1.04 bits per heavy atom. The van der Waals surface area contributed by atoms with Gasteiger partial charge in [0.1, 0.15) is 5.75 Å². The number of aryl methyl sites for hydroxylation is 1. The highest BCUT2D eigenvalue weighted by molar-refractivity contribution is 7.89. The maximum Gasteiger partial charge on any atom is 0.240 e. The van der Waals surface area contributed by atoms with Crippen molar-refractivity contribution in [2.75, 3.05) is 6.54 Å². The Balaban J connectivity index is 1.84. The summed E-state index contributed by atoms with van der Waals surface area (Å²) in [6.45, 7) is 4.39. The molecule has 0 aliphatic carbocycles. The second kappa shape index (κ2) is 8.13. The summed E-state index contributed by atoms with van der Waals surface area (Å²) in [5, 5.41) is 0. The first kappa shape index (κ1) is 17.5. The zero-order valence-electron chi connectivity index (χ0n) is 13.5. The average molecular weight is 333 g/mol. The van der Waals surface area contributed by atoms with E-state index in [0.717, 1.165) is 24.2 Å². The van der Waals surface area contributed by atoms with Gasteiger partial charge in [0, 0.05) is 6.54 Å². The second-order valence-electron chi connectivity index (χ2n) is 5.63. The Bertz CT molecular complexity index is 712. The van der Waals surface area contributed by atoms with Gasteiger partial charge in [0.2, 0.25) is 10.0 Å². The molecular weight excluding hydrogens is 310 g/mol. The summed E-state index contributed by atoms with van der Waals surface area (Å²) in [6.07, 6.45) is 1.67. The van der Waals surface area contributed by atoms with Gasteiger partial charge in [-0.15, -0.1) is 0 Å². The maximum absolute atomic E-state index is 12.1. The molecular formula is C18H23NO3S. The Labute approximate surface area is 138 Å². The second-order valence-corrected chi connectivity index (χ2v) is 7.40. The molecule has 2 rings (SSSR count). The van der Waals surface area contributed by atoms with Crippen LogP contribution in [0.15, 0.2) is 59.5 Å². The van der Waals surface area contributed by atoms with E-state index in [0.29, 0.717) is 11.4 Å². The third kappa shape index (κ3) is 5.69. The summed E-state index contributed by atoms with van der Waals surface area (Å²) >= 11 is 0. The molecule has 0 aliphatic heterocycles. The number of nitrogens with one attached hydrogen (secondary N) is 1. The predicted molar refractivity (Wildman–Crippen MR) is 92.2 cm³/mol. The molecule has 0 amide bonds. The largest absolute Gasteiger partial charge is 0.491 e. The van der Waals surface area contributed by atoms with Crippen molar-refractivity contribution < 1.29 is 13.2 Å². The van der Waals surface area contributed by atoms with Crippen molar-refractivity contribution in [2.45, 2.75) is 37.7 Å². The highest BCUT2D eigenvalue weighted by Crippen LogP contribution is 2.16. The van der Waals surface area contributed by atoms with E-state index < -0.39 is 10.0 Å². The summed E-state index contributed by atoms with van der Waals surface area (Å²) in [6, 6.07) is 16.3. The van der Waals surface area contributed by atoms with E-state index in [2.05, 4.69) is 4.72 Å². The lowest BCUT2D eigenvalue weighted by molar-refractivity contribution is 0.242. The highest BCUT2D eigenvalue weighted by atomic mass is 32.2. The zero-order chi connectivity index (χ0) is 16.7. The van der Waals surface area contributed by atoms with Crippen LogP contribution in [0.2, 0.25) is 0 Å². The van der Waals surface area contributed by atoms with Crippen LogP contribution < -0.4 is 9.46 Å². The van der Waals surface area contributed by atoms with E-state index in [4.69, 9.17) is 4.74 Å². The van der Waals surface area contributed by atoms with Gasteiger partial charge in [-0.3, -0.25) is 0 Å². The molecule has 2 aromatic carbocycles. The van der Waals surface area contributed by atoms with Crippen LogP contribution in [0.5, 0.6) is 5.75 Å². The molecule has 0 heterocycles. The average Bonchev–Trinajstić information content (AvgIpc) is 2.52. The highest BCUT2D eigenvalue weighted by Gasteiger charge is 2.11. The SMILES string of the molecule is CC(C)Oc1cccc(CCCNS(=O)(=O)c2ccccc2)c1. The van der Waals surface area contributed by atoms with E-state index in [-0.39, 0.29) is 6.10 Å². The molecule has 0 fully saturated rings. The molecule has 0 aliphatic rings. The summed E-state index contributed by atoms with van der Waals surface area (Å²) in [4.78, 5) is 0.298. The Kier molecular flexibility index (Phi) is 6.19. The van der Waals surface area contributed by atoms with Gasteiger partial charge in [0.15, 0.2) is 0 Å². The molecule has 23 heavy (non-hydrogen) atoms. The van der Waals surface area contributed by atoms with Gasteiger partial charge in [0.25, 0.3) is 0 Å². The third-order valence-corrected chi connectivity index (χ3v) is 4.73. The van der Waals surface area contributed by atoms with Crippen molar-refractivity contribution in [3.05, 3.63) is 60.2 Å². The summed E-state index contributed by atoms with van der Waals surface area (Å²) < 4.78 is 32.5. The van der Waals surface area contributed by atoms with Crippen molar-refractivity contribution in [2.24, 2.45) is 0 Å². The van der Waals surface area contributed by atoms with Crippen LogP contribution in [0.4, 0.5) is 0 Å². The number of hydrogen-bond donors (Lipinski definition) is 1. The molecule has 5 heteroatoms. The van der Waals surface area contributed by atoms with Gasteiger partial charge >= 0.3 is 0 Å². The van der Waals surface area contributed by atoms with E-state index in [1.54, 1.807) is 30.3 Å². The van der Waals surface area contributed by atoms with Crippen molar-refractivity contribution in [3.8, 4) is 5.75 Å². The number of benzene rings is 2. The van der Waals surface area contributed by atoms with Crippen LogP contribution >= 0.6 is 0 Å². The van der Waals surface area contributed by atoms with E-state index >= 15 is 0 Å². The van der Waals surface area contributed by atoms with Crippen molar-refractivity contribution in [3.63, 3.8) is 0 Å². The molecule has 0 radical (unpaired) electrons. The third-order valence-electron chi connectivity index (χ3n) is 3.26. The van der Waals surface area contributed by atoms with Gasteiger partial charge in [-0.05, 0) is 56.5 Å². The monoisotopic (exact) mass is 333 g/mol. The van der Waals surface area contributed by atoms with E-state index in [9.17, 15) is 8.42 Å². The lowest BCUT2D eigenvalue weighted by atomic mass is 10.1. The first-order valence-electron chi connectivity index (χ1n) is 7.78. The Morgan fingerprint density at radius 3 is 2.48 bits per heavy atom. The van der Waals surface area contributed by atoms with Crippen molar-refractivity contribution in [1.82, 2.24) is 4.72 Å². The first-order valence-corrected chi connectivity index (χ1v) is 9.26. The first-order chi connectivity index (χ1) is 11.0. The van der Waals surface area contributed by atoms with Crippen LogP contribution in [0, 0.1) is 0 Å². The molecule has 0 saturated heterocycles.